The third-order valence-electron chi connectivity index (χ3n) is 5.10. The van der Waals surface area contributed by atoms with Gasteiger partial charge in [-0.2, -0.15) is 5.10 Å². The molecule has 1 saturated heterocycles. The second kappa shape index (κ2) is 5.97. The lowest BCUT2D eigenvalue weighted by molar-refractivity contribution is 0.164. The molecule has 1 unspecified atom stereocenters. The predicted molar refractivity (Wildman–Crippen MR) is 97.2 cm³/mol. The molecule has 4 heterocycles. The highest BCUT2D eigenvalue weighted by Gasteiger charge is 2.24. The summed E-state index contributed by atoms with van der Waals surface area (Å²) in [5.41, 5.74) is 4.18. The van der Waals surface area contributed by atoms with Crippen LogP contribution in [0.2, 0.25) is 0 Å². The van der Waals surface area contributed by atoms with Gasteiger partial charge in [0.05, 0.1) is 17.8 Å². The van der Waals surface area contributed by atoms with Gasteiger partial charge in [-0.3, -0.25) is 9.58 Å². The molecule has 0 aliphatic carbocycles. The summed E-state index contributed by atoms with van der Waals surface area (Å²) in [4.78, 5) is 11.2. The molecular weight excluding hydrogens is 312 g/mol. The van der Waals surface area contributed by atoms with Crippen LogP contribution >= 0.6 is 0 Å². The van der Waals surface area contributed by atoms with E-state index < -0.39 is 0 Å². The Bertz CT molecular complexity index is 1000. The number of benzene rings is 1. The number of piperidine rings is 1. The number of likely N-dealkylation sites (tertiary alicyclic amines) is 1. The van der Waals surface area contributed by atoms with Crippen molar-refractivity contribution in [3.63, 3.8) is 0 Å². The van der Waals surface area contributed by atoms with E-state index in [1.54, 1.807) is 0 Å². The SMILES string of the molecule is c1ccc(CN2CCCC(n3[nH]nc4cnc5nccc5c43)C2)cc1. The molecule has 1 N–H and O–H groups in total. The molecule has 1 aliphatic heterocycles. The molecule has 126 valence electrons. The second-order valence-corrected chi connectivity index (χ2v) is 6.77. The van der Waals surface area contributed by atoms with E-state index in [9.17, 15) is 0 Å². The molecule has 0 spiro atoms. The Kier molecular flexibility index (Phi) is 3.48. The number of aromatic nitrogens is 5. The van der Waals surface area contributed by atoms with E-state index in [1.165, 1.54) is 12.0 Å². The van der Waals surface area contributed by atoms with E-state index in [4.69, 9.17) is 0 Å². The maximum Gasteiger partial charge on any atom is 0.161 e. The number of hydrogen-bond acceptors (Lipinski definition) is 4. The summed E-state index contributed by atoms with van der Waals surface area (Å²) in [5, 5.41) is 8.76. The molecule has 1 aromatic carbocycles. The molecule has 25 heavy (non-hydrogen) atoms. The smallest absolute Gasteiger partial charge is 0.161 e. The van der Waals surface area contributed by atoms with Gasteiger partial charge in [0.15, 0.2) is 5.65 Å². The van der Waals surface area contributed by atoms with Crippen molar-refractivity contribution in [3.05, 3.63) is 54.4 Å². The maximum atomic E-state index is 4.46. The molecule has 1 fully saturated rings. The van der Waals surface area contributed by atoms with Gasteiger partial charge in [0.1, 0.15) is 5.52 Å². The lowest BCUT2D eigenvalue weighted by Gasteiger charge is -2.33. The highest BCUT2D eigenvalue weighted by molar-refractivity contribution is 6.00. The highest BCUT2D eigenvalue weighted by Crippen LogP contribution is 2.28. The number of pyridine rings is 1. The van der Waals surface area contributed by atoms with Gasteiger partial charge in [-0.05, 0) is 31.0 Å². The molecule has 0 bridgehead atoms. The Morgan fingerprint density at radius 3 is 2.96 bits per heavy atom. The number of fused-ring (bicyclic) bond motifs is 3. The van der Waals surface area contributed by atoms with Crippen LogP contribution in [0.15, 0.2) is 48.8 Å². The van der Waals surface area contributed by atoms with Gasteiger partial charge in [-0.1, -0.05) is 30.3 Å². The maximum absolute atomic E-state index is 4.46. The quantitative estimate of drug-likeness (QED) is 0.626. The minimum Gasteiger partial charge on any atom is -0.297 e. The molecule has 1 atom stereocenters. The zero-order valence-electron chi connectivity index (χ0n) is 14.0. The van der Waals surface area contributed by atoms with E-state index >= 15 is 0 Å². The van der Waals surface area contributed by atoms with Crippen molar-refractivity contribution in [1.82, 2.24) is 29.9 Å². The van der Waals surface area contributed by atoms with Crippen molar-refractivity contribution in [1.29, 1.82) is 0 Å². The topological polar surface area (TPSA) is 62.6 Å². The molecule has 6 nitrogen and oxygen atoms in total. The summed E-state index contributed by atoms with van der Waals surface area (Å²) >= 11 is 0. The third-order valence-corrected chi connectivity index (χ3v) is 5.10. The lowest BCUT2D eigenvalue weighted by atomic mass is 10.0. The second-order valence-electron chi connectivity index (χ2n) is 6.77. The van der Waals surface area contributed by atoms with Gasteiger partial charge in [0.2, 0.25) is 0 Å². The first kappa shape index (κ1) is 14.6. The van der Waals surface area contributed by atoms with Crippen LogP contribution in [0.1, 0.15) is 24.4 Å². The zero-order chi connectivity index (χ0) is 16.6. The average molecular weight is 332 g/mol. The van der Waals surface area contributed by atoms with Crippen LogP contribution in [-0.2, 0) is 6.54 Å². The monoisotopic (exact) mass is 332 g/mol. The van der Waals surface area contributed by atoms with Crippen molar-refractivity contribution >= 4 is 22.1 Å². The van der Waals surface area contributed by atoms with E-state index in [2.05, 4.69) is 60.2 Å². The molecule has 4 aromatic rings. The van der Waals surface area contributed by atoms with Crippen molar-refractivity contribution in [2.24, 2.45) is 0 Å². The molecule has 0 radical (unpaired) electrons. The fourth-order valence-electron chi connectivity index (χ4n) is 3.92. The van der Waals surface area contributed by atoms with Gasteiger partial charge >= 0.3 is 0 Å². The molecule has 1 aliphatic rings. The number of aromatic amines is 1. The largest absolute Gasteiger partial charge is 0.297 e. The first-order valence-corrected chi connectivity index (χ1v) is 8.81. The predicted octanol–water partition coefficient (Wildman–Crippen LogP) is 3.14. The van der Waals surface area contributed by atoms with E-state index in [0.717, 1.165) is 48.1 Å². The molecule has 3 aromatic heterocycles. The molecule has 0 amide bonds. The van der Waals surface area contributed by atoms with E-state index in [1.807, 2.05) is 18.5 Å². The van der Waals surface area contributed by atoms with Crippen LogP contribution in [0, 0.1) is 0 Å². The fourth-order valence-corrected chi connectivity index (χ4v) is 3.92. The normalized spacial score (nSPS) is 19.0. The summed E-state index contributed by atoms with van der Waals surface area (Å²) in [7, 11) is 0. The first-order valence-electron chi connectivity index (χ1n) is 8.81. The Hall–Kier alpha value is -2.73. The Balaban J connectivity index is 1.46. The summed E-state index contributed by atoms with van der Waals surface area (Å²) in [6.07, 6.45) is 5.98. The van der Waals surface area contributed by atoms with Crippen molar-refractivity contribution < 1.29 is 0 Å². The highest BCUT2D eigenvalue weighted by atomic mass is 15.4. The number of nitrogens with zero attached hydrogens (tertiary/aromatic N) is 5. The first-order chi connectivity index (χ1) is 12.4. The van der Waals surface area contributed by atoms with Gasteiger partial charge in [-0.25, -0.2) is 15.2 Å². The molecule has 5 rings (SSSR count). The summed E-state index contributed by atoms with van der Waals surface area (Å²) in [6.45, 7) is 3.17. The average Bonchev–Trinajstić information content (AvgIpc) is 3.29. The van der Waals surface area contributed by atoms with Gasteiger partial charge in [0.25, 0.3) is 0 Å². The minimum absolute atomic E-state index is 0.392. The van der Waals surface area contributed by atoms with E-state index in [-0.39, 0.29) is 0 Å². The summed E-state index contributed by atoms with van der Waals surface area (Å²) in [6, 6.07) is 13.1. The van der Waals surface area contributed by atoms with Crippen LogP contribution in [0.25, 0.3) is 22.1 Å². The van der Waals surface area contributed by atoms with E-state index in [0.29, 0.717) is 6.04 Å². The summed E-state index contributed by atoms with van der Waals surface area (Å²) < 4.78 is 2.22. The number of hydrogen-bond donors (Lipinski definition) is 1. The van der Waals surface area contributed by atoms with Crippen LogP contribution in [0.3, 0.4) is 0 Å². The Morgan fingerprint density at radius 2 is 2.04 bits per heavy atom. The Morgan fingerprint density at radius 1 is 1.12 bits per heavy atom. The van der Waals surface area contributed by atoms with Gasteiger partial charge in [0, 0.05) is 24.7 Å². The van der Waals surface area contributed by atoms with Crippen LogP contribution in [0.4, 0.5) is 0 Å². The zero-order valence-corrected chi connectivity index (χ0v) is 14.0. The fraction of sp³-hybridized carbons (Fsp3) is 0.316. The van der Waals surface area contributed by atoms with Crippen molar-refractivity contribution in [2.45, 2.75) is 25.4 Å². The minimum atomic E-state index is 0.392. The Labute approximate surface area is 145 Å². The standard InChI is InChI=1S/C19H20N6/c1-2-5-14(6-3-1)12-24-10-4-7-15(13-24)25-18-16-8-9-20-19(16)21-11-17(18)22-23-25/h1-3,5-6,8-9,11,15,23H,4,7,10,12-13H2. The van der Waals surface area contributed by atoms with Crippen LogP contribution in [0.5, 0.6) is 0 Å². The van der Waals surface area contributed by atoms with Crippen molar-refractivity contribution in [3.8, 4) is 0 Å². The van der Waals surface area contributed by atoms with Crippen molar-refractivity contribution in [2.75, 3.05) is 13.1 Å². The number of nitrogens with one attached hydrogen (secondary N) is 1. The number of H-pyrrole nitrogens is 1. The van der Waals surface area contributed by atoms with Gasteiger partial charge < -0.3 is 0 Å². The van der Waals surface area contributed by atoms with Crippen LogP contribution < -0.4 is 0 Å². The van der Waals surface area contributed by atoms with Crippen LogP contribution in [-0.4, -0.2) is 43.0 Å². The molecular formula is C19H20N6. The van der Waals surface area contributed by atoms with Gasteiger partial charge in [-0.15, -0.1) is 0 Å². The summed E-state index contributed by atoms with van der Waals surface area (Å²) in [5.74, 6) is 0. The molecule has 6 heteroatoms. The lowest BCUT2D eigenvalue weighted by Crippen LogP contribution is -2.36. The third kappa shape index (κ3) is 2.59. The molecule has 0 saturated carbocycles. The number of rotatable bonds is 3.